The van der Waals surface area contributed by atoms with E-state index in [9.17, 15) is 0 Å². The van der Waals surface area contributed by atoms with E-state index >= 15 is 4.39 Å². The summed E-state index contributed by atoms with van der Waals surface area (Å²) < 4.78 is 41.4. The molecule has 0 spiro atoms. The molecule has 0 amide bonds. The van der Waals surface area contributed by atoms with E-state index < -0.39 is 5.82 Å². The lowest BCUT2D eigenvalue weighted by atomic mass is 9.93. The van der Waals surface area contributed by atoms with Crippen LogP contribution in [0.3, 0.4) is 0 Å². The Morgan fingerprint density at radius 1 is 1.19 bits per heavy atom. The SMILES string of the molecule is CCN(N)/C=C(\N)c1ccc(COc2c(-c3c(C)c(F)cc4[nH]ncc34)c(Cl)c3c4c(nc(OC5CCOCC5)nc24)N2C4CNC(C4)C2CO3)cc1. The zero-order chi connectivity index (χ0) is 36.4. The van der Waals surface area contributed by atoms with Gasteiger partial charge in [0.15, 0.2) is 11.5 Å². The lowest BCUT2D eigenvalue weighted by molar-refractivity contribution is 0.0219. The number of benzene rings is 3. The van der Waals surface area contributed by atoms with Gasteiger partial charge >= 0.3 is 6.01 Å². The highest BCUT2D eigenvalue weighted by Gasteiger charge is 2.49. The minimum atomic E-state index is -0.416. The van der Waals surface area contributed by atoms with Crippen molar-refractivity contribution in [1.82, 2.24) is 30.5 Å². The highest BCUT2D eigenvalue weighted by molar-refractivity contribution is 6.38. The number of halogens is 2. The number of ether oxygens (including phenoxy) is 4. The molecule has 0 radical (unpaired) electrons. The monoisotopic (exact) mass is 741 g/mol. The van der Waals surface area contributed by atoms with Crippen LogP contribution in [0.25, 0.3) is 38.6 Å². The first-order valence-electron chi connectivity index (χ1n) is 18.1. The Hall–Kier alpha value is -4.89. The fraction of sp³-hybridized carbons (Fsp3) is 0.395. The Morgan fingerprint density at radius 2 is 2.00 bits per heavy atom. The van der Waals surface area contributed by atoms with Crippen molar-refractivity contribution in [3.63, 3.8) is 0 Å². The fourth-order valence-corrected chi connectivity index (χ4v) is 8.44. The Labute approximate surface area is 310 Å². The maximum absolute atomic E-state index is 15.7. The van der Waals surface area contributed by atoms with Crippen LogP contribution in [-0.4, -0.2) is 82.3 Å². The smallest absolute Gasteiger partial charge is 0.319 e. The zero-order valence-electron chi connectivity index (χ0n) is 29.5. The second-order valence-electron chi connectivity index (χ2n) is 14.1. The number of rotatable bonds is 9. The number of nitrogens with two attached hydrogens (primary N) is 2. The van der Waals surface area contributed by atoms with Crippen LogP contribution in [-0.2, 0) is 11.3 Å². The maximum atomic E-state index is 15.7. The summed E-state index contributed by atoms with van der Waals surface area (Å²) in [5.74, 6) is 7.02. The molecule has 4 aliphatic heterocycles. The molecule has 3 unspecified atom stereocenters. The van der Waals surface area contributed by atoms with Crippen molar-refractivity contribution in [3.05, 3.63) is 70.3 Å². The molecular formula is C38H41ClFN9O4. The number of aromatic nitrogens is 4. The molecule has 0 aliphatic carbocycles. The normalized spacial score (nSPS) is 21.2. The number of hydrazine groups is 1. The van der Waals surface area contributed by atoms with Crippen molar-refractivity contribution < 1.29 is 23.3 Å². The Morgan fingerprint density at radius 3 is 2.79 bits per heavy atom. The molecule has 2 aromatic heterocycles. The third kappa shape index (κ3) is 5.84. The largest absolute Gasteiger partial charge is 0.489 e. The minimum absolute atomic E-state index is 0.0132. The summed E-state index contributed by atoms with van der Waals surface area (Å²) in [4.78, 5) is 12.5. The summed E-state index contributed by atoms with van der Waals surface area (Å²) >= 11 is 7.50. The minimum Gasteiger partial charge on any atom is -0.489 e. The van der Waals surface area contributed by atoms with Crippen LogP contribution in [0.5, 0.6) is 17.5 Å². The Balaban J connectivity index is 1.25. The first kappa shape index (κ1) is 33.9. The maximum Gasteiger partial charge on any atom is 0.319 e. The van der Waals surface area contributed by atoms with Gasteiger partial charge in [0.05, 0.1) is 47.1 Å². The first-order valence-corrected chi connectivity index (χ1v) is 18.5. The number of nitrogens with zero attached hydrogens (tertiary/aromatic N) is 5. The molecule has 3 atom stereocenters. The van der Waals surface area contributed by atoms with E-state index in [-0.39, 0.29) is 41.9 Å². The summed E-state index contributed by atoms with van der Waals surface area (Å²) in [6, 6.07) is 9.84. The van der Waals surface area contributed by atoms with Gasteiger partial charge in [-0.25, -0.2) is 10.2 Å². The van der Waals surface area contributed by atoms with E-state index in [0.29, 0.717) is 87.9 Å². The number of fused-ring (bicyclic) bond motifs is 7. The number of aromatic amines is 1. The number of piperazine rings is 1. The van der Waals surface area contributed by atoms with Crippen molar-refractivity contribution in [3.8, 4) is 28.6 Å². The van der Waals surface area contributed by atoms with Gasteiger partial charge in [-0.05, 0) is 43.0 Å². The molecule has 6 heterocycles. The first-order chi connectivity index (χ1) is 25.8. The molecule has 276 valence electrons. The van der Waals surface area contributed by atoms with E-state index in [1.165, 1.54) is 11.1 Å². The predicted octanol–water partition coefficient (Wildman–Crippen LogP) is 5.18. The average molecular weight is 742 g/mol. The summed E-state index contributed by atoms with van der Waals surface area (Å²) in [5.41, 5.74) is 10.9. The lowest BCUT2D eigenvalue weighted by Crippen LogP contribution is -2.53. The van der Waals surface area contributed by atoms with Gasteiger partial charge in [0, 0.05) is 60.7 Å². The van der Waals surface area contributed by atoms with E-state index in [1.807, 2.05) is 31.2 Å². The quantitative estimate of drug-likeness (QED) is 0.116. The summed E-state index contributed by atoms with van der Waals surface area (Å²) in [5, 5.41) is 13.9. The van der Waals surface area contributed by atoms with Crippen molar-refractivity contribution in [1.29, 1.82) is 0 Å². The number of nitrogens with one attached hydrogen (secondary N) is 2. The van der Waals surface area contributed by atoms with Crippen molar-refractivity contribution >= 4 is 44.9 Å². The van der Waals surface area contributed by atoms with Gasteiger partial charge in [-0.15, -0.1) is 0 Å². The van der Waals surface area contributed by atoms with Crippen LogP contribution >= 0.6 is 11.6 Å². The summed E-state index contributed by atoms with van der Waals surface area (Å²) in [7, 11) is 0. The molecule has 0 saturated carbocycles. The van der Waals surface area contributed by atoms with Gasteiger partial charge in [0.1, 0.15) is 36.5 Å². The van der Waals surface area contributed by atoms with E-state index in [2.05, 4.69) is 20.4 Å². The molecule has 53 heavy (non-hydrogen) atoms. The van der Waals surface area contributed by atoms with Gasteiger partial charge in [-0.2, -0.15) is 15.1 Å². The standard InChI is InChI=1S/C38H41ClFN9O4/c1-3-48(42)16-26(41)21-6-4-20(5-7-21)17-51-36-31(30-19(2)25(40)13-27-24(30)15-44-47-27)33(39)35-32-34(36)45-38(53-23-8-10-50-11-9-23)46-37(32)49-22-12-28(43-14-22)29(49)18-52-35/h4-7,13,15-16,22-23,28-29,43H,3,8-12,14,17-18,41-42H2,1-2H3,(H,44,47)/b26-16-. The highest BCUT2D eigenvalue weighted by atomic mass is 35.5. The van der Waals surface area contributed by atoms with E-state index in [4.69, 9.17) is 52.1 Å². The molecule has 3 fully saturated rings. The lowest BCUT2D eigenvalue weighted by Gasteiger charge is -2.35. The van der Waals surface area contributed by atoms with Crippen LogP contribution in [0, 0.1) is 12.7 Å². The predicted molar refractivity (Wildman–Crippen MR) is 200 cm³/mol. The Bertz CT molecular complexity index is 2240. The molecule has 15 heteroatoms. The van der Waals surface area contributed by atoms with E-state index in [0.717, 1.165) is 36.9 Å². The average Bonchev–Trinajstić information content (AvgIpc) is 3.89. The van der Waals surface area contributed by atoms with Gasteiger partial charge in [-0.3, -0.25) is 5.10 Å². The third-order valence-electron chi connectivity index (χ3n) is 10.9. The Kier molecular flexibility index (Phi) is 8.64. The molecule has 2 bridgehead atoms. The van der Waals surface area contributed by atoms with E-state index in [1.54, 1.807) is 19.3 Å². The molecule has 6 N–H and O–H groups in total. The fourth-order valence-electron chi connectivity index (χ4n) is 8.11. The summed E-state index contributed by atoms with van der Waals surface area (Å²) in [6.45, 7) is 6.83. The number of H-pyrrole nitrogens is 1. The van der Waals surface area contributed by atoms with Crippen molar-refractivity contribution in [2.24, 2.45) is 11.6 Å². The van der Waals surface area contributed by atoms with Crippen LogP contribution < -0.4 is 36.0 Å². The second-order valence-corrected chi connectivity index (χ2v) is 14.5. The molecule has 4 aliphatic rings. The van der Waals surface area contributed by atoms with Crippen molar-refractivity contribution in [2.75, 3.05) is 37.8 Å². The topological polar surface area (TPSA) is 162 Å². The molecular weight excluding hydrogens is 701 g/mol. The highest BCUT2D eigenvalue weighted by Crippen LogP contribution is 2.55. The molecule has 9 rings (SSSR count). The van der Waals surface area contributed by atoms with Gasteiger partial charge < -0.3 is 39.9 Å². The van der Waals surface area contributed by atoms with Crippen LogP contribution in [0.4, 0.5) is 10.2 Å². The molecule has 3 saturated heterocycles. The van der Waals surface area contributed by atoms with Gasteiger partial charge in [0.2, 0.25) is 0 Å². The zero-order valence-corrected chi connectivity index (χ0v) is 30.3. The number of anilines is 1. The van der Waals surface area contributed by atoms with Gasteiger partial charge in [0.25, 0.3) is 0 Å². The van der Waals surface area contributed by atoms with Gasteiger partial charge in [-0.1, -0.05) is 35.9 Å². The molecule has 3 aromatic carbocycles. The molecule has 13 nitrogen and oxygen atoms in total. The summed E-state index contributed by atoms with van der Waals surface area (Å²) in [6.07, 6.45) is 5.67. The van der Waals surface area contributed by atoms with Crippen LogP contribution in [0.1, 0.15) is 42.9 Å². The van der Waals surface area contributed by atoms with Crippen LogP contribution in [0.2, 0.25) is 5.02 Å². The number of hydrogen-bond donors (Lipinski definition) is 4. The third-order valence-corrected chi connectivity index (χ3v) is 11.3. The molecule has 5 aromatic rings. The number of hydrogen-bond acceptors (Lipinski definition) is 12. The van der Waals surface area contributed by atoms with Crippen molar-refractivity contribution in [2.45, 2.75) is 63.9 Å². The van der Waals surface area contributed by atoms with Crippen LogP contribution in [0.15, 0.2) is 42.7 Å². The second kappa shape index (κ2) is 13.5.